The molecule has 20 heavy (non-hydrogen) atoms. The lowest BCUT2D eigenvalue weighted by atomic mass is 10.2. The molecule has 2 N–H and O–H groups in total. The van der Waals surface area contributed by atoms with Gasteiger partial charge in [-0.25, -0.2) is 4.79 Å². The van der Waals surface area contributed by atoms with Gasteiger partial charge in [-0.3, -0.25) is 4.79 Å². The number of hydrogen-bond donors (Lipinski definition) is 2. The molecule has 0 saturated carbocycles. The largest absolute Gasteiger partial charge is 0.478 e. The maximum atomic E-state index is 11.7. The molecule has 0 bridgehead atoms. The number of benzene rings is 1. The molecule has 0 atom stereocenters. The molecule has 1 aromatic heterocycles. The molecule has 6 heteroatoms. The van der Waals surface area contributed by atoms with E-state index in [9.17, 15) is 9.59 Å². The van der Waals surface area contributed by atoms with Crippen LogP contribution in [0, 0.1) is 0 Å². The van der Waals surface area contributed by atoms with Crippen LogP contribution in [0.15, 0.2) is 41.8 Å². The number of aromatic carboxylic acids is 1. The van der Waals surface area contributed by atoms with Crippen molar-refractivity contribution in [2.24, 2.45) is 0 Å². The highest BCUT2D eigenvalue weighted by molar-refractivity contribution is 7.10. The van der Waals surface area contributed by atoms with Crippen molar-refractivity contribution in [1.29, 1.82) is 0 Å². The van der Waals surface area contributed by atoms with Crippen LogP contribution in [-0.4, -0.2) is 17.0 Å². The van der Waals surface area contributed by atoms with Gasteiger partial charge in [0.2, 0.25) is 5.91 Å². The smallest absolute Gasteiger partial charge is 0.335 e. The quantitative estimate of drug-likeness (QED) is 0.845. The second kappa shape index (κ2) is 6.36. The fourth-order valence-electron chi connectivity index (χ4n) is 1.51. The summed E-state index contributed by atoms with van der Waals surface area (Å²) in [5.74, 6) is -1.45. The van der Waals surface area contributed by atoms with Crippen molar-refractivity contribution < 1.29 is 14.7 Å². The van der Waals surface area contributed by atoms with Crippen LogP contribution in [-0.2, 0) is 4.79 Å². The highest BCUT2D eigenvalue weighted by atomic mass is 35.5. The summed E-state index contributed by atoms with van der Waals surface area (Å²) in [5, 5.41) is 13.6. The number of carbonyl (C=O) groups excluding carboxylic acids is 1. The molecule has 1 amide bonds. The maximum absolute atomic E-state index is 11.7. The zero-order valence-corrected chi connectivity index (χ0v) is 11.7. The van der Waals surface area contributed by atoms with E-state index in [4.69, 9.17) is 16.7 Å². The average Bonchev–Trinajstić information content (AvgIpc) is 2.88. The lowest BCUT2D eigenvalue weighted by Crippen LogP contribution is -2.08. The number of carbonyl (C=O) groups is 2. The van der Waals surface area contributed by atoms with Gasteiger partial charge in [0.1, 0.15) is 0 Å². The average molecular weight is 308 g/mol. The first-order valence-corrected chi connectivity index (χ1v) is 6.87. The van der Waals surface area contributed by atoms with E-state index in [2.05, 4.69) is 5.32 Å². The van der Waals surface area contributed by atoms with E-state index in [0.717, 1.165) is 4.88 Å². The Hall–Kier alpha value is -2.11. The first-order valence-electron chi connectivity index (χ1n) is 5.61. The summed E-state index contributed by atoms with van der Waals surface area (Å²) in [6.07, 6.45) is 3.07. The second-order valence-electron chi connectivity index (χ2n) is 3.87. The Bertz CT molecular complexity index is 665. The van der Waals surface area contributed by atoms with Gasteiger partial charge in [-0.05, 0) is 35.7 Å². The standard InChI is InChI=1S/C14H10ClNO3S/c15-10-6-9(14(18)19)7-11(8-10)16-13(17)4-3-12-2-1-5-20-12/h1-8H,(H,16,17)(H,18,19)/b4-3+. The Kier molecular flexibility index (Phi) is 4.55. The van der Waals surface area contributed by atoms with Crippen LogP contribution < -0.4 is 5.32 Å². The summed E-state index contributed by atoms with van der Waals surface area (Å²) in [4.78, 5) is 23.6. The minimum atomic E-state index is -1.10. The van der Waals surface area contributed by atoms with Crippen LogP contribution in [0.4, 0.5) is 5.69 Å². The van der Waals surface area contributed by atoms with Crippen molar-refractivity contribution in [3.63, 3.8) is 0 Å². The lowest BCUT2D eigenvalue weighted by Gasteiger charge is -2.04. The minimum absolute atomic E-state index is 0.0232. The molecule has 0 saturated heterocycles. The van der Waals surface area contributed by atoms with Crippen LogP contribution in [0.25, 0.3) is 6.08 Å². The lowest BCUT2D eigenvalue weighted by molar-refractivity contribution is -0.111. The Morgan fingerprint density at radius 3 is 2.75 bits per heavy atom. The zero-order valence-electron chi connectivity index (χ0n) is 10.2. The second-order valence-corrected chi connectivity index (χ2v) is 5.29. The summed E-state index contributed by atoms with van der Waals surface area (Å²) in [5.41, 5.74) is 0.366. The molecule has 102 valence electrons. The molecule has 4 nitrogen and oxygen atoms in total. The molecule has 1 aromatic carbocycles. The fourth-order valence-corrected chi connectivity index (χ4v) is 2.37. The van der Waals surface area contributed by atoms with Crippen LogP contribution in [0.2, 0.25) is 5.02 Å². The van der Waals surface area contributed by atoms with Gasteiger partial charge in [-0.15, -0.1) is 11.3 Å². The predicted octanol–water partition coefficient (Wildman–Crippen LogP) is 3.75. The first-order chi connectivity index (χ1) is 9.54. The molecule has 2 aromatic rings. The molecular weight excluding hydrogens is 298 g/mol. The summed E-state index contributed by atoms with van der Waals surface area (Å²) in [6, 6.07) is 7.94. The first kappa shape index (κ1) is 14.3. The highest BCUT2D eigenvalue weighted by Gasteiger charge is 2.07. The normalized spacial score (nSPS) is 10.7. The van der Waals surface area contributed by atoms with E-state index in [1.165, 1.54) is 35.6 Å². The van der Waals surface area contributed by atoms with Crippen molar-refractivity contribution in [3.05, 3.63) is 57.3 Å². The maximum Gasteiger partial charge on any atom is 0.335 e. The van der Waals surface area contributed by atoms with Gasteiger partial charge < -0.3 is 10.4 Å². The molecule has 0 unspecified atom stereocenters. The highest BCUT2D eigenvalue weighted by Crippen LogP contribution is 2.19. The van der Waals surface area contributed by atoms with Gasteiger partial charge in [-0.1, -0.05) is 17.7 Å². The van der Waals surface area contributed by atoms with E-state index in [1.54, 1.807) is 6.08 Å². The molecule has 0 fully saturated rings. The van der Waals surface area contributed by atoms with Crippen LogP contribution >= 0.6 is 22.9 Å². The van der Waals surface area contributed by atoms with Gasteiger partial charge in [0.15, 0.2) is 0 Å². The molecule has 0 aliphatic rings. The van der Waals surface area contributed by atoms with E-state index in [0.29, 0.717) is 5.69 Å². The van der Waals surface area contributed by atoms with Gasteiger partial charge in [0.25, 0.3) is 0 Å². The number of nitrogens with one attached hydrogen (secondary N) is 1. The van der Waals surface area contributed by atoms with E-state index in [-0.39, 0.29) is 16.5 Å². The number of carboxylic acids is 1. The Labute approximate surface area is 124 Å². The summed E-state index contributed by atoms with van der Waals surface area (Å²) in [6.45, 7) is 0. The number of thiophene rings is 1. The molecule has 0 aliphatic carbocycles. The minimum Gasteiger partial charge on any atom is -0.478 e. The third-order valence-corrected chi connectivity index (χ3v) is 3.41. The molecule has 0 spiro atoms. The fraction of sp³-hybridized carbons (Fsp3) is 0. The predicted molar refractivity (Wildman–Crippen MR) is 80.4 cm³/mol. The SMILES string of the molecule is O=C(/C=C/c1cccs1)Nc1cc(Cl)cc(C(=O)O)c1. The van der Waals surface area contributed by atoms with E-state index >= 15 is 0 Å². The van der Waals surface area contributed by atoms with E-state index in [1.807, 2.05) is 17.5 Å². The summed E-state index contributed by atoms with van der Waals surface area (Å²) in [7, 11) is 0. The van der Waals surface area contributed by atoms with Crippen molar-refractivity contribution >= 4 is 46.6 Å². The third-order valence-electron chi connectivity index (χ3n) is 2.35. The van der Waals surface area contributed by atoms with Crippen molar-refractivity contribution in [1.82, 2.24) is 0 Å². The Balaban J connectivity index is 2.09. The van der Waals surface area contributed by atoms with Gasteiger partial charge in [0.05, 0.1) is 5.56 Å². The zero-order chi connectivity index (χ0) is 14.5. The molecule has 0 aliphatic heterocycles. The molecule has 1 heterocycles. The third kappa shape index (κ3) is 3.94. The number of amides is 1. The van der Waals surface area contributed by atoms with Crippen molar-refractivity contribution in [2.45, 2.75) is 0 Å². The van der Waals surface area contributed by atoms with E-state index < -0.39 is 5.97 Å². The number of rotatable bonds is 4. The Morgan fingerprint density at radius 2 is 2.10 bits per heavy atom. The molecule has 0 radical (unpaired) electrons. The Morgan fingerprint density at radius 1 is 1.30 bits per heavy atom. The summed E-state index contributed by atoms with van der Waals surface area (Å²) >= 11 is 7.32. The number of carboxylic acid groups (broad SMARTS) is 1. The number of anilines is 1. The number of hydrogen-bond acceptors (Lipinski definition) is 3. The van der Waals surface area contributed by atoms with Gasteiger partial charge >= 0.3 is 5.97 Å². The summed E-state index contributed by atoms with van der Waals surface area (Å²) < 4.78 is 0. The van der Waals surface area contributed by atoms with Crippen molar-refractivity contribution in [3.8, 4) is 0 Å². The van der Waals surface area contributed by atoms with Gasteiger partial charge in [-0.2, -0.15) is 0 Å². The van der Waals surface area contributed by atoms with Gasteiger partial charge in [0, 0.05) is 21.7 Å². The van der Waals surface area contributed by atoms with Crippen LogP contribution in [0.5, 0.6) is 0 Å². The topological polar surface area (TPSA) is 66.4 Å². The monoisotopic (exact) mass is 307 g/mol. The molecular formula is C14H10ClNO3S. The van der Waals surface area contributed by atoms with Crippen molar-refractivity contribution in [2.75, 3.05) is 5.32 Å². The molecule has 2 rings (SSSR count). The number of halogens is 1. The van der Waals surface area contributed by atoms with Crippen LogP contribution in [0.1, 0.15) is 15.2 Å². The van der Waals surface area contributed by atoms with Crippen LogP contribution in [0.3, 0.4) is 0 Å².